The van der Waals surface area contributed by atoms with Gasteiger partial charge in [-0.15, -0.1) is 0 Å². The predicted octanol–water partition coefficient (Wildman–Crippen LogP) is 1.55. The van der Waals surface area contributed by atoms with Crippen LogP contribution in [0.4, 0.5) is 5.69 Å². The second kappa shape index (κ2) is 8.14. The quantitative estimate of drug-likeness (QED) is 0.434. The minimum atomic E-state index is 0.463. The van der Waals surface area contributed by atoms with Crippen molar-refractivity contribution in [2.75, 3.05) is 18.9 Å². The lowest BCUT2D eigenvalue weighted by Crippen LogP contribution is -2.14. The van der Waals surface area contributed by atoms with Crippen molar-refractivity contribution in [1.29, 1.82) is 0 Å². The van der Waals surface area contributed by atoms with Crippen LogP contribution in [0.25, 0.3) is 0 Å². The van der Waals surface area contributed by atoms with Crippen LogP contribution in [0.5, 0.6) is 5.75 Å². The lowest BCUT2D eigenvalue weighted by Gasteiger charge is -2.12. The minimum absolute atomic E-state index is 0.463. The lowest BCUT2D eigenvalue weighted by atomic mass is 10.3. The Kier molecular flexibility index (Phi) is 6.73. The molecule has 0 aliphatic rings. The van der Waals surface area contributed by atoms with Crippen LogP contribution in [-0.4, -0.2) is 29.2 Å². The van der Waals surface area contributed by atoms with Gasteiger partial charge in [0.05, 0.1) is 6.61 Å². The van der Waals surface area contributed by atoms with Gasteiger partial charge in [-0.2, -0.15) is 0 Å². The first-order valence-corrected chi connectivity index (χ1v) is 7.47. The molecule has 2 N–H and O–H groups in total. The first-order valence-electron chi connectivity index (χ1n) is 6.32. The van der Waals surface area contributed by atoms with Crippen LogP contribution in [0.2, 0.25) is 0 Å². The zero-order valence-corrected chi connectivity index (χ0v) is 12.8. The van der Waals surface area contributed by atoms with Crippen molar-refractivity contribution in [2.45, 2.75) is 31.9 Å². The molecule has 17 heavy (non-hydrogen) atoms. The number of ether oxygens (including phenoxy) is 2. The van der Waals surface area contributed by atoms with Gasteiger partial charge in [0, 0.05) is 28.3 Å². The van der Waals surface area contributed by atoms with Gasteiger partial charge in [-0.3, -0.25) is 0 Å². The van der Waals surface area contributed by atoms with E-state index in [9.17, 15) is 0 Å². The molecule has 3 nitrogen and oxygen atoms in total. The number of nitrogens with two attached hydrogens (primary N) is 1. The maximum Gasteiger partial charge on any atom is 0.119 e. The van der Waals surface area contributed by atoms with E-state index in [0.29, 0.717) is 5.73 Å². The van der Waals surface area contributed by atoms with Crippen LogP contribution < -0.4 is 10.5 Å². The molecule has 0 saturated carbocycles. The van der Waals surface area contributed by atoms with E-state index in [1.54, 1.807) is 0 Å². The van der Waals surface area contributed by atoms with Gasteiger partial charge >= 0.3 is 0 Å². The Morgan fingerprint density at radius 1 is 1.24 bits per heavy atom. The van der Waals surface area contributed by atoms with Crippen molar-refractivity contribution in [3.63, 3.8) is 0 Å². The minimum Gasteiger partial charge on any atom is -0.494 e. The molecule has 1 aromatic carbocycles. The van der Waals surface area contributed by atoms with Crippen LogP contribution >= 0.6 is 0 Å². The summed E-state index contributed by atoms with van der Waals surface area (Å²) >= 11 is 0. The molecule has 0 aromatic heterocycles. The Morgan fingerprint density at radius 2 is 1.94 bits per heavy atom. The average Bonchev–Trinajstić information content (AvgIpc) is 2.34. The van der Waals surface area contributed by atoms with Gasteiger partial charge < -0.3 is 15.2 Å². The van der Waals surface area contributed by atoms with Crippen molar-refractivity contribution in [2.24, 2.45) is 0 Å². The zero-order chi connectivity index (χ0) is 12.5. The number of nitrogen functional groups attached to an aromatic ring is 1. The summed E-state index contributed by atoms with van der Waals surface area (Å²) in [5.41, 5.74) is 6.83. The number of benzene rings is 1. The van der Waals surface area contributed by atoms with Gasteiger partial charge in [-0.05, 0) is 43.5 Å². The highest BCUT2D eigenvalue weighted by Gasteiger charge is 2.01. The molecule has 0 heterocycles. The average molecular weight is 253 g/mol. The molecule has 1 atom stereocenters. The fraction of sp³-hybridized carbons (Fsp3) is 0.538. The Morgan fingerprint density at radius 3 is 2.59 bits per heavy atom. The summed E-state index contributed by atoms with van der Waals surface area (Å²) in [4.78, 5) is 0. The summed E-state index contributed by atoms with van der Waals surface area (Å²) in [7, 11) is 1.09. The largest absolute Gasteiger partial charge is 0.494 e. The molecule has 4 heteroatoms. The van der Waals surface area contributed by atoms with E-state index in [1.807, 2.05) is 24.3 Å². The van der Waals surface area contributed by atoms with Crippen LogP contribution in [0.1, 0.15) is 26.2 Å². The van der Waals surface area contributed by atoms with Crippen molar-refractivity contribution < 1.29 is 9.47 Å². The molecule has 1 rings (SSSR count). The topological polar surface area (TPSA) is 44.5 Å². The highest BCUT2D eigenvalue weighted by atomic mass is 28.1. The first-order chi connectivity index (χ1) is 8.22. The summed E-state index contributed by atoms with van der Waals surface area (Å²) in [6.07, 6.45) is 3.24. The van der Waals surface area contributed by atoms with Crippen LogP contribution in [0.15, 0.2) is 24.3 Å². The first kappa shape index (κ1) is 14.1. The van der Waals surface area contributed by atoms with E-state index in [4.69, 9.17) is 15.2 Å². The van der Waals surface area contributed by atoms with Crippen LogP contribution in [0.3, 0.4) is 0 Å². The molecule has 1 unspecified atom stereocenters. The second-order valence-electron chi connectivity index (χ2n) is 4.24. The Labute approximate surface area is 107 Å². The fourth-order valence-electron chi connectivity index (χ4n) is 1.53. The molecule has 0 aliphatic heterocycles. The Balaban J connectivity index is 2.09. The molecule has 96 valence electrons. The predicted molar refractivity (Wildman–Crippen MR) is 75.6 cm³/mol. The number of anilines is 1. The van der Waals surface area contributed by atoms with Gasteiger partial charge in [-0.25, -0.2) is 0 Å². The molecule has 0 spiro atoms. The highest BCUT2D eigenvalue weighted by molar-refractivity contribution is 6.10. The molecular weight excluding hydrogens is 230 g/mol. The van der Waals surface area contributed by atoms with Gasteiger partial charge in [0.2, 0.25) is 0 Å². The third-order valence-corrected chi connectivity index (χ3v) is 3.42. The molecule has 0 amide bonds. The maximum absolute atomic E-state index is 5.65. The molecule has 0 saturated heterocycles. The SMILES string of the molecule is CCCOC([SiH3])CCCOc1ccc(N)cc1. The number of hydrogen-bond donors (Lipinski definition) is 1. The van der Waals surface area contributed by atoms with E-state index in [-0.39, 0.29) is 0 Å². The maximum atomic E-state index is 5.65. The standard InChI is InChI=1S/C13H23NO2Si/c1-2-9-16-13(17)4-3-10-15-12-7-5-11(14)6-8-12/h5-8,13H,2-4,9-10,14H2,1,17H3. The smallest absolute Gasteiger partial charge is 0.119 e. The van der Waals surface area contributed by atoms with Gasteiger partial charge in [-0.1, -0.05) is 6.92 Å². The number of hydrogen-bond acceptors (Lipinski definition) is 3. The van der Waals surface area contributed by atoms with Gasteiger partial charge in [0.25, 0.3) is 0 Å². The van der Waals surface area contributed by atoms with Crippen molar-refractivity contribution in [1.82, 2.24) is 0 Å². The van der Waals surface area contributed by atoms with Crippen molar-refractivity contribution >= 4 is 15.9 Å². The van der Waals surface area contributed by atoms with E-state index in [0.717, 1.165) is 54.2 Å². The Bertz CT molecular complexity index is 303. The van der Waals surface area contributed by atoms with Crippen molar-refractivity contribution in [3.8, 4) is 5.75 Å². The summed E-state index contributed by atoms with van der Waals surface area (Å²) in [6, 6.07) is 7.52. The summed E-state index contributed by atoms with van der Waals surface area (Å²) < 4.78 is 11.3. The molecule has 0 fully saturated rings. The van der Waals surface area contributed by atoms with E-state index in [2.05, 4.69) is 6.92 Å². The molecule has 0 radical (unpaired) electrons. The van der Waals surface area contributed by atoms with Gasteiger partial charge in [0.1, 0.15) is 5.75 Å². The zero-order valence-electron chi connectivity index (χ0n) is 10.8. The van der Waals surface area contributed by atoms with Crippen LogP contribution in [-0.2, 0) is 4.74 Å². The molecule has 1 aromatic rings. The molecular formula is C13H23NO2Si. The number of rotatable bonds is 8. The third kappa shape index (κ3) is 6.34. The third-order valence-electron chi connectivity index (χ3n) is 2.51. The van der Waals surface area contributed by atoms with E-state index >= 15 is 0 Å². The fourth-order valence-corrected chi connectivity index (χ4v) is 2.17. The summed E-state index contributed by atoms with van der Waals surface area (Å²) in [5, 5.41) is 0. The van der Waals surface area contributed by atoms with Crippen molar-refractivity contribution in [3.05, 3.63) is 24.3 Å². The lowest BCUT2D eigenvalue weighted by molar-refractivity contribution is 0.0970. The highest BCUT2D eigenvalue weighted by Crippen LogP contribution is 2.13. The summed E-state index contributed by atoms with van der Waals surface area (Å²) in [5.74, 6) is 0.888. The van der Waals surface area contributed by atoms with Gasteiger partial charge in [0.15, 0.2) is 0 Å². The normalized spacial score (nSPS) is 12.5. The van der Waals surface area contributed by atoms with E-state index < -0.39 is 0 Å². The summed E-state index contributed by atoms with van der Waals surface area (Å²) in [6.45, 7) is 3.77. The molecule has 0 bridgehead atoms. The van der Waals surface area contributed by atoms with E-state index in [1.165, 1.54) is 0 Å². The molecule has 0 aliphatic carbocycles. The van der Waals surface area contributed by atoms with Crippen LogP contribution in [0, 0.1) is 0 Å². The monoisotopic (exact) mass is 253 g/mol. The second-order valence-corrected chi connectivity index (χ2v) is 5.53. The Hall–Kier alpha value is -1.00.